The highest BCUT2D eigenvalue weighted by molar-refractivity contribution is 5.96. The van der Waals surface area contributed by atoms with Gasteiger partial charge >= 0.3 is 0 Å². The average molecular weight is 377 g/mol. The molecule has 1 fully saturated rings. The van der Waals surface area contributed by atoms with Gasteiger partial charge in [-0.2, -0.15) is 0 Å². The SMILES string of the molecule is Nc1ccc2nc(-c3ccc4c(c3)NC(=O)CO4)c(CN3CCCCC3)n2c1. The van der Waals surface area contributed by atoms with Crippen molar-refractivity contribution >= 4 is 22.9 Å². The number of rotatable bonds is 3. The number of nitrogens with zero attached hydrogens (tertiary/aromatic N) is 3. The van der Waals surface area contributed by atoms with E-state index >= 15 is 0 Å². The first-order valence-electron chi connectivity index (χ1n) is 9.73. The molecule has 3 aromatic rings. The maximum Gasteiger partial charge on any atom is 0.262 e. The zero-order chi connectivity index (χ0) is 19.1. The van der Waals surface area contributed by atoms with Gasteiger partial charge in [0.05, 0.1) is 17.1 Å². The number of amides is 1. The van der Waals surface area contributed by atoms with Gasteiger partial charge in [0.25, 0.3) is 5.91 Å². The molecule has 7 nitrogen and oxygen atoms in total. The van der Waals surface area contributed by atoms with E-state index in [1.165, 1.54) is 19.3 Å². The van der Waals surface area contributed by atoms with Gasteiger partial charge in [-0.1, -0.05) is 6.42 Å². The van der Waals surface area contributed by atoms with Crippen LogP contribution in [0.1, 0.15) is 25.0 Å². The maximum absolute atomic E-state index is 11.7. The zero-order valence-corrected chi connectivity index (χ0v) is 15.6. The number of carbonyl (C=O) groups excluding carboxylic acids is 1. The Hall–Kier alpha value is -3.06. The molecule has 4 heterocycles. The molecule has 144 valence electrons. The minimum atomic E-state index is -0.138. The van der Waals surface area contributed by atoms with Gasteiger partial charge in [0, 0.05) is 24.0 Å². The Balaban J connectivity index is 1.61. The van der Waals surface area contributed by atoms with Gasteiger partial charge in [-0.25, -0.2) is 4.98 Å². The largest absolute Gasteiger partial charge is 0.482 e. The second-order valence-electron chi connectivity index (χ2n) is 7.48. The first kappa shape index (κ1) is 17.1. The highest BCUT2D eigenvalue weighted by Gasteiger charge is 2.21. The van der Waals surface area contributed by atoms with E-state index in [1.54, 1.807) is 0 Å². The van der Waals surface area contributed by atoms with Crippen molar-refractivity contribution in [2.45, 2.75) is 25.8 Å². The highest BCUT2D eigenvalue weighted by Crippen LogP contribution is 2.34. The van der Waals surface area contributed by atoms with Crippen LogP contribution in [-0.4, -0.2) is 39.9 Å². The fraction of sp³-hybridized carbons (Fsp3) is 0.333. The van der Waals surface area contributed by atoms with Crippen LogP contribution in [0.15, 0.2) is 36.5 Å². The molecule has 1 aromatic carbocycles. The minimum Gasteiger partial charge on any atom is -0.482 e. The standard InChI is InChI=1S/C21H23N5O2/c22-15-5-7-19-24-21(14-4-6-18-16(10-14)23-20(27)13-28-18)17(26(19)11-15)12-25-8-2-1-3-9-25/h4-7,10-11H,1-3,8-9,12-13,22H2,(H,23,27). The van der Waals surface area contributed by atoms with Gasteiger partial charge in [0.2, 0.25) is 0 Å². The molecule has 28 heavy (non-hydrogen) atoms. The van der Waals surface area contributed by atoms with E-state index in [0.717, 1.165) is 42.2 Å². The Morgan fingerprint density at radius 2 is 2.00 bits per heavy atom. The summed E-state index contributed by atoms with van der Waals surface area (Å²) in [6.45, 7) is 3.08. The fourth-order valence-electron chi connectivity index (χ4n) is 4.05. The predicted octanol–water partition coefficient (Wildman–Crippen LogP) is 2.90. The summed E-state index contributed by atoms with van der Waals surface area (Å²) < 4.78 is 7.58. The van der Waals surface area contributed by atoms with Gasteiger partial charge in [0.1, 0.15) is 11.4 Å². The molecular weight excluding hydrogens is 354 g/mol. The molecule has 1 amide bonds. The summed E-state index contributed by atoms with van der Waals surface area (Å²) in [5.41, 5.74) is 11.3. The number of nitrogen functional groups attached to an aromatic ring is 1. The lowest BCUT2D eigenvalue weighted by molar-refractivity contribution is -0.118. The maximum atomic E-state index is 11.7. The first-order valence-corrected chi connectivity index (χ1v) is 9.73. The molecule has 0 bridgehead atoms. The number of benzene rings is 1. The molecule has 0 spiro atoms. The number of hydrogen-bond acceptors (Lipinski definition) is 5. The molecule has 0 aliphatic carbocycles. The molecule has 5 rings (SSSR count). The van der Waals surface area contributed by atoms with Gasteiger partial charge in [-0.15, -0.1) is 0 Å². The van der Waals surface area contributed by atoms with Crippen LogP contribution in [0.25, 0.3) is 16.9 Å². The highest BCUT2D eigenvalue weighted by atomic mass is 16.5. The number of ether oxygens (including phenoxy) is 1. The monoisotopic (exact) mass is 377 g/mol. The average Bonchev–Trinajstić information content (AvgIpc) is 3.06. The fourth-order valence-corrected chi connectivity index (χ4v) is 4.05. The molecule has 7 heteroatoms. The Morgan fingerprint density at radius 3 is 2.86 bits per heavy atom. The number of nitrogens with two attached hydrogens (primary N) is 1. The summed E-state index contributed by atoms with van der Waals surface area (Å²) in [4.78, 5) is 19.1. The number of anilines is 2. The van der Waals surface area contributed by atoms with Crippen LogP contribution in [0.5, 0.6) is 5.75 Å². The van der Waals surface area contributed by atoms with Crippen LogP contribution in [0.3, 0.4) is 0 Å². The number of piperidine rings is 1. The minimum absolute atomic E-state index is 0.0558. The third-order valence-electron chi connectivity index (χ3n) is 5.45. The molecule has 2 aliphatic heterocycles. The summed E-state index contributed by atoms with van der Waals surface area (Å²) in [5.74, 6) is 0.551. The number of likely N-dealkylation sites (tertiary alicyclic amines) is 1. The van der Waals surface area contributed by atoms with E-state index in [-0.39, 0.29) is 12.5 Å². The van der Waals surface area contributed by atoms with Crippen LogP contribution in [0.2, 0.25) is 0 Å². The number of pyridine rings is 1. The molecular formula is C21H23N5O2. The second-order valence-corrected chi connectivity index (χ2v) is 7.48. The Labute approximate surface area is 163 Å². The number of carbonyl (C=O) groups is 1. The molecule has 2 aliphatic rings. The van der Waals surface area contributed by atoms with Crippen molar-refractivity contribution in [1.29, 1.82) is 0 Å². The van der Waals surface area contributed by atoms with E-state index in [9.17, 15) is 4.79 Å². The normalized spacial score (nSPS) is 17.2. The summed E-state index contributed by atoms with van der Waals surface area (Å²) in [6.07, 6.45) is 5.70. The molecule has 3 N–H and O–H groups in total. The van der Waals surface area contributed by atoms with Gasteiger partial charge in [-0.05, 0) is 56.3 Å². The Bertz CT molecular complexity index is 1050. The van der Waals surface area contributed by atoms with Crippen LogP contribution >= 0.6 is 0 Å². The van der Waals surface area contributed by atoms with Crippen molar-refractivity contribution in [3.8, 4) is 17.0 Å². The molecule has 0 radical (unpaired) electrons. The van der Waals surface area contributed by atoms with Crippen molar-refractivity contribution in [3.63, 3.8) is 0 Å². The van der Waals surface area contributed by atoms with Crippen molar-refractivity contribution in [2.24, 2.45) is 0 Å². The van der Waals surface area contributed by atoms with Crippen LogP contribution < -0.4 is 15.8 Å². The van der Waals surface area contributed by atoms with Crippen molar-refractivity contribution < 1.29 is 9.53 Å². The van der Waals surface area contributed by atoms with Gasteiger partial charge < -0.3 is 20.2 Å². The molecule has 2 aromatic heterocycles. The lowest BCUT2D eigenvalue weighted by Gasteiger charge is -2.26. The third kappa shape index (κ3) is 3.07. The number of nitrogens with one attached hydrogen (secondary N) is 1. The van der Waals surface area contributed by atoms with E-state index in [0.29, 0.717) is 17.1 Å². The third-order valence-corrected chi connectivity index (χ3v) is 5.45. The number of aromatic nitrogens is 2. The van der Waals surface area contributed by atoms with Crippen LogP contribution in [0.4, 0.5) is 11.4 Å². The van der Waals surface area contributed by atoms with Crippen LogP contribution in [-0.2, 0) is 11.3 Å². The topological polar surface area (TPSA) is 84.9 Å². The van der Waals surface area contributed by atoms with E-state index in [1.807, 2.05) is 36.5 Å². The molecule has 0 atom stereocenters. The lowest BCUT2D eigenvalue weighted by Crippen LogP contribution is -2.29. The van der Waals surface area contributed by atoms with Crippen molar-refractivity contribution in [1.82, 2.24) is 14.3 Å². The van der Waals surface area contributed by atoms with E-state index < -0.39 is 0 Å². The van der Waals surface area contributed by atoms with Crippen molar-refractivity contribution in [3.05, 3.63) is 42.2 Å². The number of hydrogen-bond donors (Lipinski definition) is 2. The van der Waals surface area contributed by atoms with E-state index in [2.05, 4.69) is 14.6 Å². The Morgan fingerprint density at radius 1 is 1.14 bits per heavy atom. The quantitative estimate of drug-likeness (QED) is 0.733. The molecule has 0 saturated carbocycles. The number of imidazole rings is 1. The molecule has 1 saturated heterocycles. The summed E-state index contributed by atoms with van der Waals surface area (Å²) in [5, 5.41) is 2.88. The number of fused-ring (bicyclic) bond motifs is 2. The zero-order valence-electron chi connectivity index (χ0n) is 15.6. The summed E-state index contributed by atoms with van der Waals surface area (Å²) >= 11 is 0. The first-order chi connectivity index (χ1) is 13.7. The summed E-state index contributed by atoms with van der Waals surface area (Å²) in [7, 11) is 0. The molecule has 0 unspecified atom stereocenters. The second kappa shape index (κ2) is 6.83. The van der Waals surface area contributed by atoms with Gasteiger partial charge in [-0.3, -0.25) is 9.69 Å². The van der Waals surface area contributed by atoms with Gasteiger partial charge in [0.15, 0.2) is 6.61 Å². The summed E-state index contributed by atoms with van der Waals surface area (Å²) in [6, 6.07) is 9.66. The Kier molecular flexibility index (Phi) is 4.16. The van der Waals surface area contributed by atoms with Crippen molar-refractivity contribution in [2.75, 3.05) is 30.7 Å². The van der Waals surface area contributed by atoms with E-state index in [4.69, 9.17) is 15.5 Å². The lowest BCUT2D eigenvalue weighted by atomic mass is 10.1. The van der Waals surface area contributed by atoms with Crippen LogP contribution in [0, 0.1) is 0 Å². The predicted molar refractivity (Wildman–Crippen MR) is 108 cm³/mol. The smallest absolute Gasteiger partial charge is 0.262 e.